The van der Waals surface area contributed by atoms with E-state index in [0.717, 1.165) is 11.3 Å². The molecule has 1 aromatic rings. The van der Waals surface area contributed by atoms with E-state index in [1.165, 1.54) is 0 Å². The quantitative estimate of drug-likeness (QED) is 0.647. The van der Waals surface area contributed by atoms with Crippen LogP contribution >= 0.6 is 0 Å². The second kappa shape index (κ2) is 5.22. The minimum Gasteiger partial charge on any atom is -0.287 e. The fourth-order valence-corrected chi connectivity index (χ4v) is 1.71. The first kappa shape index (κ1) is 13.3. The SMILES string of the molecule is CC(C)(C)C1=C/C(=N\Nc2ccccc2)C(=O)C=C1. The number of carbonyl (C=O) groups excluding carboxylic acids is 1. The lowest BCUT2D eigenvalue weighted by Gasteiger charge is -2.22. The van der Waals surface area contributed by atoms with Crippen molar-refractivity contribution in [1.82, 2.24) is 0 Å². The third kappa shape index (κ3) is 3.41. The van der Waals surface area contributed by atoms with Crippen LogP contribution in [0.25, 0.3) is 0 Å². The zero-order valence-corrected chi connectivity index (χ0v) is 11.5. The molecule has 0 unspecified atom stereocenters. The van der Waals surface area contributed by atoms with Gasteiger partial charge in [-0.2, -0.15) is 5.10 Å². The Labute approximate surface area is 113 Å². The average Bonchev–Trinajstić information content (AvgIpc) is 2.37. The van der Waals surface area contributed by atoms with Crippen LogP contribution in [0.2, 0.25) is 0 Å². The van der Waals surface area contributed by atoms with E-state index < -0.39 is 0 Å². The van der Waals surface area contributed by atoms with Gasteiger partial charge in [-0.25, -0.2) is 0 Å². The molecule has 1 aliphatic carbocycles. The Morgan fingerprint density at radius 2 is 1.74 bits per heavy atom. The normalized spacial score (nSPS) is 17.5. The second-order valence-corrected chi connectivity index (χ2v) is 5.52. The number of carbonyl (C=O) groups is 1. The van der Waals surface area contributed by atoms with Gasteiger partial charge < -0.3 is 0 Å². The number of para-hydroxylation sites is 1. The van der Waals surface area contributed by atoms with Gasteiger partial charge in [0, 0.05) is 0 Å². The van der Waals surface area contributed by atoms with Crippen LogP contribution in [0.5, 0.6) is 0 Å². The van der Waals surface area contributed by atoms with Crippen LogP contribution in [-0.2, 0) is 4.79 Å². The molecule has 3 heteroatoms. The Bertz CT molecular complexity index is 560. The molecular formula is C16H18N2O. The largest absolute Gasteiger partial charge is 0.287 e. The highest BCUT2D eigenvalue weighted by Gasteiger charge is 2.20. The first-order chi connectivity index (χ1) is 8.97. The number of rotatable bonds is 2. The Kier molecular flexibility index (Phi) is 3.65. The highest BCUT2D eigenvalue weighted by Crippen LogP contribution is 2.28. The van der Waals surface area contributed by atoms with E-state index in [4.69, 9.17) is 0 Å². The van der Waals surface area contributed by atoms with Gasteiger partial charge in [0.1, 0.15) is 5.71 Å². The summed E-state index contributed by atoms with van der Waals surface area (Å²) < 4.78 is 0. The Hall–Kier alpha value is -2.16. The molecule has 0 saturated heterocycles. The van der Waals surface area contributed by atoms with Crippen molar-refractivity contribution in [2.24, 2.45) is 10.5 Å². The van der Waals surface area contributed by atoms with E-state index >= 15 is 0 Å². The summed E-state index contributed by atoms with van der Waals surface area (Å²) in [5, 5.41) is 4.19. The molecule has 1 aromatic carbocycles. The summed E-state index contributed by atoms with van der Waals surface area (Å²) in [6.45, 7) is 6.34. The predicted molar refractivity (Wildman–Crippen MR) is 79.2 cm³/mol. The molecular weight excluding hydrogens is 236 g/mol. The predicted octanol–water partition coefficient (Wildman–Crippen LogP) is 3.57. The third-order valence-corrected chi connectivity index (χ3v) is 2.90. The molecule has 0 fully saturated rings. The molecule has 0 aliphatic heterocycles. The fraction of sp³-hybridized carbons (Fsp3) is 0.250. The molecule has 1 N–H and O–H groups in total. The summed E-state index contributed by atoms with van der Waals surface area (Å²) in [5.74, 6) is -0.0727. The molecule has 0 radical (unpaired) electrons. The van der Waals surface area contributed by atoms with E-state index in [0.29, 0.717) is 5.71 Å². The molecule has 0 saturated carbocycles. The average molecular weight is 254 g/mol. The number of nitrogens with zero attached hydrogens (tertiary/aromatic N) is 1. The topological polar surface area (TPSA) is 41.5 Å². The molecule has 0 atom stereocenters. The van der Waals surface area contributed by atoms with E-state index in [1.807, 2.05) is 42.5 Å². The van der Waals surface area contributed by atoms with E-state index in [1.54, 1.807) is 6.08 Å². The summed E-state index contributed by atoms with van der Waals surface area (Å²) in [7, 11) is 0. The third-order valence-electron chi connectivity index (χ3n) is 2.90. The molecule has 0 bridgehead atoms. The van der Waals surface area contributed by atoms with Crippen molar-refractivity contribution in [3.8, 4) is 0 Å². The van der Waals surface area contributed by atoms with Crippen molar-refractivity contribution in [3.05, 3.63) is 54.1 Å². The van der Waals surface area contributed by atoms with Crippen LogP contribution in [0, 0.1) is 5.41 Å². The maximum atomic E-state index is 11.8. The van der Waals surface area contributed by atoms with Crippen molar-refractivity contribution in [2.45, 2.75) is 20.8 Å². The summed E-state index contributed by atoms with van der Waals surface area (Å²) >= 11 is 0. The van der Waals surface area contributed by atoms with E-state index in [9.17, 15) is 4.79 Å². The second-order valence-electron chi connectivity index (χ2n) is 5.52. The highest BCUT2D eigenvalue weighted by molar-refractivity contribution is 6.49. The van der Waals surface area contributed by atoms with Crippen molar-refractivity contribution in [2.75, 3.05) is 5.43 Å². The van der Waals surface area contributed by atoms with Gasteiger partial charge in [-0.05, 0) is 35.3 Å². The molecule has 2 rings (SSSR count). The summed E-state index contributed by atoms with van der Waals surface area (Å²) in [5.41, 5.74) is 5.31. The lowest BCUT2D eigenvalue weighted by Crippen LogP contribution is -2.19. The van der Waals surface area contributed by atoms with Crippen molar-refractivity contribution in [3.63, 3.8) is 0 Å². The number of hydrazone groups is 1. The van der Waals surface area contributed by atoms with Gasteiger partial charge in [0.2, 0.25) is 5.78 Å². The van der Waals surface area contributed by atoms with Gasteiger partial charge >= 0.3 is 0 Å². The van der Waals surface area contributed by atoms with Gasteiger partial charge in [0.05, 0.1) is 5.69 Å². The van der Waals surface area contributed by atoms with Crippen molar-refractivity contribution < 1.29 is 4.79 Å². The zero-order valence-electron chi connectivity index (χ0n) is 11.5. The molecule has 1 aliphatic rings. The van der Waals surface area contributed by atoms with Gasteiger partial charge in [-0.15, -0.1) is 0 Å². The van der Waals surface area contributed by atoms with Crippen LogP contribution in [-0.4, -0.2) is 11.5 Å². The number of allylic oxidation sites excluding steroid dienone is 4. The van der Waals surface area contributed by atoms with Crippen LogP contribution in [0.15, 0.2) is 59.2 Å². The lowest BCUT2D eigenvalue weighted by molar-refractivity contribution is -0.108. The smallest absolute Gasteiger partial charge is 0.205 e. The summed E-state index contributed by atoms with van der Waals surface area (Å²) in [4.78, 5) is 11.8. The Morgan fingerprint density at radius 3 is 2.37 bits per heavy atom. The van der Waals surface area contributed by atoms with Crippen LogP contribution < -0.4 is 5.43 Å². The molecule has 3 nitrogen and oxygen atoms in total. The van der Waals surface area contributed by atoms with Crippen LogP contribution in [0.1, 0.15) is 20.8 Å². The fourth-order valence-electron chi connectivity index (χ4n) is 1.71. The maximum Gasteiger partial charge on any atom is 0.205 e. The monoisotopic (exact) mass is 254 g/mol. The zero-order chi connectivity index (χ0) is 13.9. The molecule has 0 aromatic heterocycles. The highest BCUT2D eigenvalue weighted by atomic mass is 16.1. The Morgan fingerprint density at radius 1 is 1.05 bits per heavy atom. The molecule has 98 valence electrons. The molecule has 0 amide bonds. The Balaban J connectivity index is 2.21. The lowest BCUT2D eigenvalue weighted by atomic mass is 9.83. The maximum absolute atomic E-state index is 11.8. The molecule has 0 spiro atoms. The number of hydrogen-bond donors (Lipinski definition) is 1. The first-order valence-corrected chi connectivity index (χ1v) is 6.30. The number of benzene rings is 1. The summed E-state index contributed by atoms with van der Waals surface area (Å²) in [6, 6.07) is 9.58. The molecule has 19 heavy (non-hydrogen) atoms. The number of hydrogen-bond acceptors (Lipinski definition) is 3. The standard InChI is InChI=1S/C16H18N2O/c1-16(2,3)12-9-10-15(19)14(11-12)18-17-13-7-5-4-6-8-13/h4-11,17H,1-3H3/b18-14+. The van der Waals surface area contributed by atoms with E-state index in [-0.39, 0.29) is 11.2 Å². The van der Waals surface area contributed by atoms with Crippen LogP contribution in [0.4, 0.5) is 5.69 Å². The van der Waals surface area contributed by atoms with E-state index in [2.05, 4.69) is 31.3 Å². The van der Waals surface area contributed by atoms with Gasteiger partial charge in [-0.3, -0.25) is 10.2 Å². The molecule has 0 heterocycles. The van der Waals surface area contributed by atoms with Gasteiger partial charge in [0.15, 0.2) is 0 Å². The van der Waals surface area contributed by atoms with Gasteiger partial charge in [0.25, 0.3) is 0 Å². The minimum atomic E-state index is -0.0727. The first-order valence-electron chi connectivity index (χ1n) is 6.30. The van der Waals surface area contributed by atoms with Gasteiger partial charge in [-0.1, -0.05) is 45.0 Å². The number of nitrogens with one attached hydrogen (secondary N) is 1. The summed E-state index contributed by atoms with van der Waals surface area (Å²) in [6.07, 6.45) is 5.29. The number of ketones is 1. The van der Waals surface area contributed by atoms with Crippen molar-refractivity contribution in [1.29, 1.82) is 0 Å². The van der Waals surface area contributed by atoms with Crippen LogP contribution in [0.3, 0.4) is 0 Å². The van der Waals surface area contributed by atoms with Crippen molar-refractivity contribution >= 4 is 17.2 Å². The number of anilines is 1. The minimum absolute atomic E-state index is 0.00468.